The summed E-state index contributed by atoms with van der Waals surface area (Å²) in [4.78, 5) is 26.0. The van der Waals surface area contributed by atoms with E-state index in [2.05, 4.69) is 26.8 Å². The Bertz CT molecular complexity index is 1340. The molecule has 1 atom stereocenters. The van der Waals surface area contributed by atoms with E-state index in [0.29, 0.717) is 47.4 Å². The van der Waals surface area contributed by atoms with Crippen LogP contribution in [0.4, 0.5) is 5.95 Å². The van der Waals surface area contributed by atoms with Crippen LogP contribution in [0, 0.1) is 0 Å². The molecule has 0 unspecified atom stereocenters. The summed E-state index contributed by atoms with van der Waals surface area (Å²) in [5.74, 6) is 0.803. The molecule has 1 aliphatic rings. The highest BCUT2D eigenvalue weighted by Gasteiger charge is 2.33. The summed E-state index contributed by atoms with van der Waals surface area (Å²) in [5, 5.41) is 3.19. The molecule has 188 valence electrons. The van der Waals surface area contributed by atoms with Crippen molar-refractivity contribution < 1.29 is 19.0 Å². The summed E-state index contributed by atoms with van der Waals surface area (Å²) in [7, 11) is 1.63. The van der Waals surface area contributed by atoms with E-state index < -0.39 is 11.6 Å². The number of methoxy groups -OCH3 is 1. The van der Waals surface area contributed by atoms with Crippen molar-refractivity contribution in [3.8, 4) is 17.0 Å². The Hall–Kier alpha value is -4.56. The summed E-state index contributed by atoms with van der Waals surface area (Å²) in [6.07, 6.45) is 12.4. The van der Waals surface area contributed by atoms with Crippen molar-refractivity contribution in [2.75, 3.05) is 19.0 Å². The highest BCUT2D eigenvalue weighted by molar-refractivity contribution is 5.86. The first-order chi connectivity index (χ1) is 18.0. The van der Waals surface area contributed by atoms with Crippen LogP contribution in [0.3, 0.4) is 0 Å². The van der Waals surface area contributed by atoms with Crippen molar-refractivity contribution in [2.45, 2.75) is 18.9 Å². The minimum Gasteiger partial charge on any atom is -0.491 e. The van der Waals surface area contributed by atoms with Gasteiger partial charge in [0.25, 0.3) is 0 Å². The number of ether oxygens (including phenoxy) is 3. The molecular weight excluding hydrogens is 468 g/mol. The van der Waals surface area contributed by atoms with E-state index in [1.807, 2.05) is 37.3 Å². The van der Waals surface area contributed by atoms with Crippen molar-refractivity contribution in [3.63, 3.8) is 0 Å². The van der Waals surface area contributed by atoms with Crippen molar-refractivity contribution in [1.82, 2.24) is 15.0 Å². The Morgan fingerprint density at radius 1 is 1.16 bits per heavy atom. The van der Waals surface area contributed by atoms with Gasteiger partial charge in [0.1, 0.15) is 23.7 Å². The number of hydrogen-bond acceptors (Lipinski definition) is 8. The Morgan fingerprint density at radius 3 is 2.73 bits per heavy atom. The molecule has 1 aliphatic carbocycles. The first-order valence-electron chi connectivity index (χ1n) is 11.7. The van der Waals surface area contributed by atoms with Crippen LogP contribution in [0.5, 0.6) is 5.75 Å². The van der Waals surface area contributed by atoms with E-state index in [1.165, 1.54) is 6.08 Å². The first kappa shape index (κ1) is 25.5. The lowest BCUT2D eigenvalue weighted by molar-refractivity contribution is -0.129. The van der Waals surface area contributed by atoms with Crippen LogP contribution >= 0.6 is 0 Å². The van der Waals surface area contributed by atoms with Gasteiger partial charge in [0.05, 0.1) is 11.4 Å². The maximum Gasteiger partial charge on any atom is 0.338 e. The van der Waals surface area contributed by atoms with Gasteiger partial charge in [0.2, 0.25) is 5.95 Å². The molecule has 0 bridgehead atoms. The van der Waals surface area contributed by atoms with Gasteiger partial charge in [-0.3, -0.25) is 4.98 Å². The van der Waals surface area contributed by atoms with Crippen molar-refractivity contribution in [1.29, 1.82) is 0 Å². The maximum atomic E-state index is 12.9. The lowest BCUT2D eigenvalue weighted by Crippen LogP contribution is -2.33. The average Bonchev–Trinajstić information content (AvgIpc) is 2.93. The molecule has 0 saturated carbocycles. The van der Waals surface area contributed by atoms with E-state index in [4.69, 9.17) is 14.2 Å². The van der Waals surface area contributed by atoms with Crippen molar-refractivity contribution in [3.05, 3.63) is 115 Å². The summed E-state index contributed by atoms with van der Waals surface area (Å²) in [6, 6.07) is 14.4. The molecule has 0 aliphatic heterocycles. The molecule has 0 amide bonds. The van der Waals surface area contributed by atoms with Crippen LogP contribution in [-0.2, 0) is 14.3 Å². The maximum absolute atomic E-state index is 12.9. The number of carbonyl (C=O) groups excluding carboxylic acids is 1. The molecule has 8 heteroatoms. The highest BCUT2D eigenvalue weighted by atomic mass is 16.5. The second-order valence-electron chi connectivity index (χ2n) is 8.33. The molecule has 1 N–H and O–H groups in total. The topological polar surface area (TPSA) is 95.5 Å². The van der Waals surface area contributed by atoms with Gasteiger partial charge < -0.3 is 19.5 Å². The summed E-state index contributed by atoms with van der Waals surface area (Å²) < 4.78 is 17.1. The normalized spacial score (nSPS) is 17.3. The Labute approximate surface area is 216 Å². The molecule has 0 radical (unpaired) electrons. The molecule has 37 heavy (non-hydrogen) atoms. The zero-order chi connectivity index (χ0) is 26.1. The van der Waals surface area contributed by atoms with E-state index >= 15 is 0 Å². The van der Waals surface area contributed by atoms with Gasteiger partial charge in [0, 0.05) is 43.8 Å². The quantitative estimate of drug-likeness (QED) is 0.176. The third-order valence-electron chi connectivity index (χ3n) is 5.72. The molecule has 8 nitrogen and oxygen atoms in total. The zero-order valence-corrected chi connectivity index (χ0v) is 20.8. The van der Waals surface area contributed by atoms with Gasteiger partial charge >= 0.3 is 5.97 Å². The van der Waals surface area contributed by atoms with E-state index in [0.717, 1.165) is 5.56 Å². The Kier molecular flexibility index (Phi) is 8.22. The Morgan fingerprint density at radius 2 is 2.00 bits per heavy atom. The van der Waals surface area contributed by atoms with Gasteiger partial charge in [-0.05, 0) is 48.9 Å². The number of anilines is 1. The number of pyridine rings is 1. The lowest BCUT2D eigenvalue weighted by atomic mass is 9.90. The number of carbonyl (C=O) groups is 1. The number of para-hydroxylation sites is 1. The largest absolute Gasteiger partial charge is 0.491 e. The predicted octanol–water partition coefficient (Wildman–Crippen LogP) is 5.26. The van der Waals surface area contributed by atoms with Crippen LogP contribution < -0.4 is 10.1 Å². The number of rotatable bonds is 10. The van der Waals surface area contributed by atoms with Gasteiger partial charge in [-0.2, -0.15) is 0 Å². The molecule has 0 fully saturated rings. The van der Waals surface area contributed by atoms with E-state index in [1.54, 1.807) is 62.1 Å². The number of allylic oxidation sites excluding steroid dienone is 1. The zero-order valence-electron chi connectivity index (χ0n) is 20.8. The first-order valence-corrected chi connectivity index (χ1v) is 11.7. The number of aromatic nitrogens is 3. The SMILES string of the molecule is C=CCOC1=CC(/C(=C\C(=O)Oc2ccccc2)Nc2nccc(-c3cccnc3)n2)=CC[C@@]1(C)OC. The van der Waals surface area contributed by atoms with Gasteiger partial charge in [-0.15, -0.1) is 0 Å². The fraction of sp³-hybridized carbons (Fsp3) is 0.172. The van der Waals surface area contributed by atoms with Crippen molar-refractivity contribution >= 4 is 11.9 Å². The molecule has 2 aromatic heterocycles. The molecule has 0 saturated heterocycles. The number of benzene rings is 1. The summed E-state index contributed by atoms with van der Waals surface area (Å²) >= 11 is 0. The van der Waals surface area contributed by atoms with Crippen LogP contribution in [-0.4, -0.2) is 40.2 Å². The number of esters is 1. The fourth-order valence-electron chi connectivity index (χ4n) is 3.63. The third kappa shape index (κ3) is 6.56. The third-order valence-corrected chi connectivity index (χ3v) is 5.72. The van der Waals surface area contributed by atoms with Crippen LogP contribution in [0.2, 0.25) is 0 Å². The Balaban J connectivity index is 1.68. The molecular formula is C29H28N4O4. The lowest BCUT2D eigenvalue weighted by Gasteiger charge is -2.33. The smallest absolute Gasteiger partial charge is 0.338 e. The molecule has 1 aromatic carbocycles. The van der Waals surface area contributed by atoms with Crippen LogP contribution in [0.25, 0.3) is 11.3 Å². The molecule has 3 aromatic rings. The second kappa shape index (κ2) is 11.9. The molecule has 4 rings (SSSR count). The summed E-state index contributed by atoms with van der Waals surface area (Å²) in [6.45, 7) is 5.98. The van der Waals surface area contributed by atoms with Gasteiger partial charge in [-0.1, -0.05) is 36.9 Å². The average molecular weight is 497 g/mol. The minimum absolute atomic E-state index is 0.308. The van der Waals surface area contributed by atoms with Gasteiger partial charge in [-0.25, -0.2) is 14.8 Å². The summed E-state index contributed by atoms with van der Waals surface area (Å²) in [5.41, 5.74) is 2.02. The number of hydrogen-bond donors (Lipinski definition) is 1. The minimum atomic E-state index is -0.654. The second-order valence-corrected chi connectivity index (χ2v) is 8.33. The molecule has 0 spiro atoms. The predicted molar refractivity (Wildman–Crippen MR) is 141 cm³/mol. The fourth-order valence-corrected chi connectivity index (χ4v) is 3.63. The van der Waals surface area contributed by atoms with Crippen molar-refractivity contribution in [2.24, 2.45) is 0 Å². The monoisotopic (exact) mass is 496 g/mol. The highest BCUT2D eigenvalue weighted by Crippen LogP contribution is 2.34. The van der Waals surface area contributed by atoms with Crippen LogP contribution in [0.15, 0.2) is 115 Å². The molecule has 2 heterocycles. The van der Waals surface area contributed by atoms with Crippen LogP contribution in [0.1, 0.15) is 13.3 Å². The number of nitrogens with zero attached hydrogens (tertiary/aromatic N) is 3. The van der Waals surface area contributed by atoms with E-state index in [9.17, 15) is 4.79 Å². The standard InChI is InChI=1S/C29H28N4O4/c1-4-17-36-26-18-21(12-14-29(26,2)35-3)25(19-27(34)37-23-10-6-5-7-11-23)33-28-31-16-13-24(32-28)22-9-8-15-30-20-22/h4-13,15-16,18-20H,1,14,17H2,2-3H3,(H,31,32,33)/b25-19+/t29-/m1/s1. The van der Waals surface area contributed by atoms with E-state index in [-0.39, 0.29) is 0 Å². The number of nitrogens with one attached hydrogen (secondary N) is 1. The van der Waals surface area contributed by atoms with Gasteiger partial charge in [0.15, 0.2) is 0 Å².